The third kappa shape index (κ3) is 4.93. The van der Waals surface area contributed by atoms with E-state index in [1.807, 2.05) is 23.2 Å². The highest BCUT2D eigenvalue weighted by Crippen LogP contribution is 2.37. The highest BCUT2D eigenvalue weighted by molar-refractivity contribution is 6.37. The summed E-state index contributed by atoms with van der Waals surface area (Å²) in [5, 5.41) is 18.9. The molecule has 0 saturated heterocycles. The lowest BCUT2D eigenvalue weighted by Gasteiger charge is -2.12. The van der Waals surface area contributed by atoms with Crippen molar-refractivity contribution in [2.75, 3.05) is 7.11 Å². The van der Waals surface area contributed by atoms with Crippen molar-refractivity contribution < 1.29 is 9.47 Å². The molecule has 0 saturated carbocycles. The summed E-state index contributed by atoms with van der Waals surface area (Å²) in [5.74, 6) is 0.633. The van der Waals surface area contributed by atoms with Gasteiger partial charge in [-0.1, -0.05) is 41.4 Å². The summed E-state index contributed by atoms with van der Waals surface area (Å²) in [6.45, 7) is 0. The van der Waals surface area contributed by atoms with E-state index in [0.717, 1.165) is 10.2 Å². The second kappa shape index (κ2) is 9.84. The molecule has 0 fully saturated rings. The summed E-state index contributed by atoms with van der Waals surface area (Å²) in [5.41, 5.74) is -1.51. The third-order valence-corrected chi connectivity index (χ3v) is 5.36. The second-order valence-electron chi connectivity index (χ2n) is 7.02. The van der Waals surface area contributed by atoms with Crippen LogP contribution >= 0.6 is 23.2 Å². The highest BCUT2D eigenvalue weighted by atomic mass is 35.5. The van der Waals surface area contributed by atoms with Crippen LogP contribution in [0.4, 0.5) is 0 Å². The summed E-state index contributed by atoms with van der Waals surface area (Å²) in [6, 6.07) is 12.9. The van der Waals surface area contributed by atoms with E-state index in [1.165, 1.54) is 25.3 Å². The molecule has 0 aliphatic heterocycles. The number of nitrogens with zero attached hydrogens (tertiary/aromatic N) is 4. The molecule has 13 heteroatoms. The van der Waals surface area contributed by atoms with Gasteiger partial charge < -0.3 is 9.47 Å². The molecule has 0 spiro atoms. The minimum absolute atomic E-state index is 0.00199. The minimum atomic E-state index is -0.918. The van der Waals surface area contributed by atoms with Crippen molar-refractivity contribution in [1.82, 2.24) is 25.0 Å². The normalized spacial score (nSPS) is 10.6. The van der Waals surface area contributed by atoms with E-state index in [2.05, 4.69) is 15.3 Å². The van der Waals surface area contributed by atoms with Gasteiger partial charge in [0.25, 0.3) is 11.1 Å². The van der Waals surface area contributed by atoms with Crippen LogP contribution in [0.5, 0.6) is 17.4 Å². The van der Waals surface area contributed by atoms with Crippen LogP contribution < -0.4 is 26.3 Å². The Hall–Kier alpha value is -4.40. The SMILES string of the molecule is COc1ccccc1Cc1cc(Oc2c(Cl)cc(-n3nc(C#N)c(=O)[nH]c3=O)cc2Cl)n[nH]c1=O. The number of para-hydroxylation sites is 1. The number of nitrogens with one attached hydrogen (secondary N) is 2. The largest absolute Gasteiger partial charge is 0.496 e. The van der Waals surface area contributed by atoms with Crippen molar-refractivity contribution >= 4 is 23.2 Å². The maximum Gasteiger partial charge on any atom is 0.349 e. The van der Waals surface area contributed by atoms with Gasteiger partial charge >= 0.3 is 5.69 Å². The average molecular weight is 513 g/mol. The lowest BCUT2D eigenvalue weighted by atomic mass is 10.1. The lowest BCUT2D eigenvalue weighted by Crippen LogP contribution is -2.33. The molecule has 35 heavy (non-hydrogen) atoms. The number of hydrogen-bond donors (Lipinski definition) is 2. The molecule has 2 heterocycles. The number of H-pyrrole nitrogens is 2. The molecular formula is C22H14Cl2N6O5. The monoisotopic (exact) mass is 512 g/mol. The standard InChI is InChI=1S/C22H14Cl2N6O5/c1-34-17-5-3-2-4-11(17)6-12-7-18(27-28-20(12)31)35-19-14(23)8-13(9-15(19)24)30-22(33)26-21(32)16(10-25)29-30/h2-5,7-9H,6H2,1H3,(H,28,31)(H,26,32,33). The number of rotatable bonds is 6. The molecule has 0 unspecified atom stereocenters. The summed E-state index contributed by atoms with van der Waals surface area (Å²) in [6.07, 6.45) is 0.251. The zero-order valence-electron chi connectivity index (χ0n) is 17.8. The van der Waals surface area contributed by atoms with Gasteiger partial charge in [0.1, 0.15) is 11.8 Å². The molecule has 176 valence electrons. The van der Waals surface area contributed by atoms with Gasteiger partial charge in [0.15, 0.2) is 5.75 Å². The quantitative estimate of drug-likeness (QED) is 0.399. The second-order valence-corrected chi connectivity index (χ2v) is 7.84. The molecule has 0 atom stereocenters. The first-order valence-electron chi connectivity index (χ1n) is 9.82. The van der Waals surface area contributed by atoms with Crippen molar-refractivity contribution in [2.45, 2.75) is 6.42 Å². The first-order valence-corrected chi connectivity index (χ1v) is 10.6. The highest BCUT2D eigenvalue weighted by Gasteiger charge is 2.17. The van der Waals surface area contributed by atoms with E-state index < -0.39 is 22.5 Å². The molecule has 0 aliphatic rings. The third-order valence-electron chi connectivity index (χ3n) is 4.80. The van der Waals surface area contributed by atoms with E-state index in [4.69, 9.17) is 37.9 Å². The molecule has 0 aliphatic carbocycles. The Labute approximate surface area is 206 Å². The van der Waals surface area contributed by atoms with Crippen molar-refractivity contribution in [2.24, 2.45) is 0 Å². The van der Waals surface area contributed by atoms with Gasteiger partial charge in [-0.15, -0.1) is 10.2 Å². The number of nitriles is 1. The van der Waals surface area contributed by atoms with Gasteiger partial charge in [-0.25, -0.2) is 9.89 Å². The topological polar surface area (TPSA) is 156 Å². The van der Waals surface area contributed by atoms with Crippen LogP contribution in [-0.4, -0.2) is 32.1 Å². The number of aromatic amines is 2. The number of benzene rings is 2. The Kier molecular flexibility index (Phi) is 6.68. The Balaban J connectivity index is 1.67. The predicted molar refractivity (Wildman–Crippen MR) is 126 cm³/mol. The molecule has 2 aromatic carbocycles. The Bertz CT molecular complexity index is 1630. The van der Waals surface area contributed by atoms with Crippen LogP contribution in [-0.2, 0) is 6.42 Å². The van der Waals surface area contributed by atoms with Gasteiger partial charge in [0.05, 0.1) is 22.8 Å². The van der Waals surface area contributed by atoms with E-state index in [-0.39, 0.29) is 33.8 Å². The van der Waals surface area contributed by atoms with Crippen LogP contribution in [0.2, 0.25) is 10.0 Å². The maximum atomic E-state index is 12.3. The van der Waals surface area contributed by atoms with Crippen molar-refractivity contribution in [3.63, 3.8) is 0 Å². The van der Waals surface area contributed by atoms with Crippen LogP contribution in [0.3, 0.4) is 0 Å². The van der Waals surface area contributed by atoms with Crippen molar-refractivity contribution in [3.8, 4) is 29.1 Å². The Morgan fingerprint density at radius 3 is 2.46 bits per heavy atom. The number of hydrogen-bond acceptors (Lipinski definition) is 8. The van der Waals surface area contributed by atoms with E-state index in [0.29, 0.717) is 11.3 Å². The minimum Gasteiger partial charge on any atom is -0.496 e. The van der Waals surface area contributed by atoms with Crippen molar-refractivity contribution in [3.05, 3.63) is 101 Å². The summed E-state index contributed by atoms with van der Waals surface area (Å²) < 4.78 is 11.8. The molecule has 0 amide bonds. The van der Waals surface area contributed by atoms with Gasteiger partial charge in [-0.05, 0) is 23.8 Å². The lowest BCUT2D eigenvalue weighted by molar-refractivity contribution is 0.410. The fraction of sp³-hybridized carbons (Fsp3) is 0.0909. The summed E-state index contributed by atoms with van der Waals surface area (Å²) in [7, 11) is 1.54. The van der Waals surface area contributed by atoms with E-state index >= 15 is 0 Å². The van der Waals surface area contributed by atoms with Crippen LogP contribution in [0.15, 0.2) is 56.8 Å². The number of methoxy groups -OCH3 is 1. The summed E-state index contributed by atoms with van der Waals surface area (Å²) in [4.78, 5) is 38.0. The first-order chi connectivity index (χ1) is 16.8. The zero-order valence-corrected chi connectivity index (χ0v) is 19.3. The Morgan fingerprint density at radius 2 is 1.77 bits per heavy atom. The molecule has 0 radical (unpaired) electrons. The maximum absolute atomic E-state index is 12.3. The molecule has 2 aromatic heterocycles. The van der Waals surface area contributed by atoms with Crippen LogP contribution in [0, 0.1) is 11.3 Å². The van der Waals surface area contributed by atoms with E-state index in [9.17, 15) is 14.4 Å². The molecular weight excluding hydrogens is 499 g/mol. The predicted octanol–water partition coefficient (Wildman–Crippen LogP) is 2.57. The number of aromatic nitrogens is 5. The van der Waals surface area contributed by atoms with Crippen molar-refractivity contribution in [1.29, 1.82) is 5.26 Å². The van der Waals surface area contributed by atoms with Crippen LogP contribution in [0.1, 0.15) is 16.8 Å². The number of ether oxygens (including phenoxy) is 2. The molecule has 4 rings (SSSR count). The Morgan fingerprint density at radius 1 is 1.06 bits per heavy atom. The van der Waals surface area contributed by atoms with E-state index in [1.54, 1.807) is 12.1 Å². The van der Waals surface area contributed by atoms with Gasteiger partial charge in [-0.3, -0.25) is 14.6 Å². The smallest absolute Gasteiger partial charge is 0.349 e. The average Bonchev–Trinajstić information content (AvgIpc) is 2.83. The number of halogens is 2. The van der Waals surface area contributed by atoms with Gasteiger partial charge in [0, 0.05) is 18.1 Å². The van der Waals surface area contributed by atoms with Crippen LogP contribution in [0.25, 0.3) is 5.69 Å². The molecule has 11 nitrogen and oxygen atoms in total. The summed E-state index contributed by atoms with van der Waals surface area (Å²) >= 11 is 12.7. The fourth-order valence-corrected chi connectivity index (χ4v) is 3.73. The molecule has 0 bridgehead atoms. The zero-order chi connectivity index (χ0) is 25.1. The fourth-order valence-electron chi connectivity index (χ4n) is 3.18. The molecule has 4 aromatic rings. The van der Waals surface area contributed by atoms with Gasteiger partial charge in [0.2, 0.25) is 11.6 Å². The molecule has 2 N–H and O–H groups in total. The first kappa shape index (κ1) is 23.7. The van der Waals surface area contributed by atoms with Gasteiger partial charge in [-0.2, -0.15) is 9.94 Å².